The number of benzene rings is 3. The summed E-state index contributed by atoms with van der Waals surface area (Å²) in [6, 6.07) is 23.8. The summed E-state index contributed by atoms with van der Waals surface area (Å²) < 4.78 is 10.7. The molecule has 0 saturated carbocycles. The SMILES string of the molecule is COc1cc(/C=N\NC(=O)Cc2ccccc2)ccc1OC(=O)/C=C/c1ccccc1. The lowest BCUT2D eigenvalue weighted by atomic mass is 10.1. The van der Waals surface area contributed by atoms with E-state index in [2.05, 4.69) is 10.5 Å². The van der Waals surface area contributed by atoms with Gasteiger partial charge in [-0.3, -0.25) is 4.79 Å². The van der Waals surface area contributed by atoms with Crippen molar-refractivity contribution in [2.75, 3.05) is 7.11 Å². The second kappa shape index (κ2) is 11.1. The Bertz CT molecular complexity index is 1080. The molecular weight excluding hydrogens is 392 g/mol. The predicted molar refractivity (Wildman–Crippen MR) is 120 cm³/mol. The summed E-state index contributed by atoms with van der Waals surface area (Å²) >= 11 is 0. The van der Waals surface area contributed by atoms with E-state index in [9.17, 15) is 9.59 Å². The van der Waals surface area contributed by atoms with Gasteiger partial charge in [-0.2, -0.15) is 5.10 Å². The lowest BCUT2D eigenvalue weighted by Crippen LogP contribution is -2.19. The van der Waals surface area contributed by atoms with Crippen molar-refractivity contribution in [3.8, 4) is 11.5 Å². The number of carbonyl (C=O) groups is 2. The molecule has 3 aromatic rings. The highest BCUT2D eigenvalue weighted by atomic mass is 16.6. The number of hydrogen-bond acceptors (Lipinski definition) is 5. The van der Waals surface area contributed by atoms with Crippen LogP contribution in [-0.4, -0.2) is 25.2 Å². The minimum atomic E-state index is -0.517. The molecular formula is C25H22N2O4. The minimum absolute atomic E-state index is 0.217. The number of hydrogen-bond donors (Lipinski definition) is 1. The fraction of sp³-hybridized carbons (Fsp3) is 0.0800. The van der Waals surface area contributed by atoms with Crippen LogP contribution >= 0.6 is 0 Å². The Kier molecular flexibility index (Phi) is 7.71. The van der Waals surface area contributed by atoms with E-state index in [0.717, 1.165) is 11.1 Å². The van der Waals surface area contributed by atoms with Gasteiger partial charge in [-0.1, -0.05) is 60.7 Å². The molecule has 1 N–H and O–H groups in total. The first kappa shape index (κ1) is 21.5. The zero-order chi connectivity index (χ0) is 21.9. The molecule has 31 heavy (non-hydrogen) atoms. The highest BCUT2D eigenvalue weighted by Gasteiger charge is 2.09. The van der Waals surface area contributed by atoms with E-state index in [1.165, 1.54) is 19.4 Å². The number of carbonyl (C=O) groups excluding carboxylic acids is 2. The topological polar surface area (TPSA) is 77.0 Å². The number of hydrazone groups is 1. The largest absolute Gasteiger partial charge is 0.493 e. The van der Waals surface area contributed by atoms with E-state index in [1.807, 2.05) is 60.7 Å². The van der Waals surface area contributed by atoms with Crippen molar-refractivity contribution < 1.29 is 19.1 Å². The molecule has 0 fully saturated rings. The van der Waals surface area contributed by atoms with Crippen LogP contribution < -0.4 is 14.9 Å². The van der Waals surface area contributed by atoms with Gasteiger partial charge in [-0.15, -0.1) is 0 Å². The van der Waals surface area contributed by atoms with Crippen LogP contribution in [0.15, 0.2) is 90.0 Å². The van der Waals surface area contributed by atoms with Crippen LogP contribution in [0, 0.1) is 0 Å². The number of nitrogens with zero attached hydrogens (tertiary/aromatic N) is 1. The Hall–Kier alpha value is -4.19. The van der Waals surface area contributed by atoms with E-state index in [4.69, 9.17) is 9.47 Å². The Labute approximate surface area is 180 Å². The molecule has 156 valence electrons. The Balaban J connectivity index is 1.57. The van der Waals surface area contributed by atoms with Gasteiger partial charge in [0, 0.05) is 6.08 Å². The fourth-order valence-corrected chi connectivity index (χ4v) is 2.72. The van der Waals surface area contributed by atoms with Gasteiger partial charge in [0.15, 0.2) is 11.5 Å². The molecule has 0 aliphatic rings. The zero-order valence-corrected chi connectivity index (χ0v) is 17.0. The average Bonchev–Trinajstić information content (AvgIpc) is 2.80. The highest BCUT2D eigenvalue weighted by molar-refractivity contribution is 5.89. The number of amides is 1. The van der Waals surface area contributed by atoms with Crippen LogP contribution in [0.3, 0.4) is 0 Å². The lowest BCUT2D eigenvalue weighted by molar-refractivity contribution is -0.129. The standard InChI is InChI=1S/C25H22N2O4/c1-30-23-16-21(18-26-27-24(28)17-20-10-6-3-7-11-20)12-14-22(23)31-25(29)15-13-19-8-4-2-5-9-19/h2-16,18H,17H2,1H3,(H,27,28)/b15-13+,26-18-. The maximum Gasteiger partial charge on any atom is 0.336 e. The molecule has 1 amide bonds. The van der Waals surface area contributed by atoms with E-state index < -0.39 is 5.97 Å². The van der Waals surface area contributed by atoms with Gasteiger partial charge in [-0.25, -0.2) is 10.2 Å². The van der Waals surface area contributed by atoms with Crippen molar-refractivity contribution >= 4 is 24.2 Å². The van der Waals surface area contributed by atoms with Crippen LogP contribution in [0.4, 0.5) is 0 Å². The maximum absolute atomic E-state index is 12.1. The van der Waals surface area contributed by atoms with Crippen LogP contribution in [0.25, 0.3) is 6.08 Å². The Morgan fingerprint density at radius 1 is 0.903 bits per heavy atom. The van der Waals surface area contributed by atoms with Gasteiger partial charge in [0.25, 0.3) is 0 Å². The zero-order valence-electron chi connectivity index (χ0n) is 17.0. The third-order valence-corrected chi connectivity index (χ3v) is 4.22. The van der Waals surface area contributed by atoms with E-state index in [0.29, 0.717) is 11.3 Å². The molecule has 0 bridgehead atoms. The summed E-state index contributed by atoms with van der Waals surface area (Å²) in [4.78, 5) is 24.0. The molecule has 3 rings (SSSR count). The van der Waals surface area contributed by atoms with Crippen LogP contribution in [0.2, 0.25) is 0 Å². The third kappa shape index (κ3) is 6.97. The van der Waals surface area contributed by atoms with Crippen molar-refractivity contribution in [2.45, 2.75) is 6.42 Å². The highest BCUT2D eigenvalue weighted by Crippen LogP contribution is 2.27. The van der Waals surface area contributed by atoms with Crippen molar-refractivity contribution in [3.05, 3.63) is 102 Å². The first-order valence-corrected chi connectivity index (χ1v) is 9.63. The number of esters is 1. The second-order valence-corrected chi connectivity index (χ2v) is 6.53. The molecule has 6 nitrogen and oxygen atoms in total. The van der Waals surface area contributed by atoms with E-state index >= 15 is 0 Å². The third-order valence-electron chi connectivity index (χ3n) is 4.22. The lowest BCUT2D eigenvalue weighted by Gasteiger charge is -2.08. The summed E-state index contributed by atoms with van der Waals surface area (Å²) in [7, 11) is 1.48. The van der Waals surface area contributed by atoms with Crippen molar-refractivity contribution in [3.63, 3.8) is 0 Å². The molecule has 0 heterocycles. The first-order chi connectivity index (χ1) is 15.1. The van der Waals surface area contributed by atoms with Gasteiger partial charge in [0.2, 0.25) is 5.91 Å². The first-order valence-electron chi connectivity index (χ1n) is 9.63. The van der Waals surface area contributed by atoms with Gasteiger partial charge in [0.1, 0.15) is 0 Å². The summed E-state index contributed by atoms with van der Waals surface area (Å²) in [5.74, 6) is -0.0709. The average molecular weight is 414 g/mol. The van der Waals surface area contributed by atoms with Gasteiger partial charge >= 0.3 is 5.97 Å². The fourth-order valence-electron chi connectivity index (χ4n) is 2.72. The smallest absolute Gasteiger partial charge is 0.336 e. The van der Waals surface area contributed by atoms with Crippen molar-refractivity contribution in [1.29, 1.82) is 0 Å². The number of ether oxygens (including phenoxy) is 2. The van der Waals surface area contributed by atoms with Gasteiger partial charge in [-0.05, 0) is 41.0 Å². The minimum Gasteiger partial charge on any atom is -0.493 e. The quantitative estimate of drug-likeness (QED) is 0.199. The van der Waals surface area contributed by atoms with Gasteiger partial charge < -0.3 is 9.47 Å². The molecule has 0 radical (unpaired) electrons. The second-order valence-electron chi connectivity index (χ2n) is 6.53. The molecule has 6 heteroatoms. The Morgan fingerprint density at radius 2 is 1.61 bits per heavy atom. The van der Waals surface area contributed by atoms with Crippen molar-refractivity contribution in [2.24, 2.45) is 5.10 Å². The molecule has 0 aliphatic heterocycles. The Morgan fingerprint density at radius 3 is 2.32 bits per heavy atom. The van der Waals surface area contributed by atoms with E-state index in [-0.39, 0.29) is 18.1 Å². The van der Waals surface area contributed by atoms with Gasteiger partial charge in [0.05, 0.1) is 19.7 Å². The molecule has 0 unspecified atom stereocenters. The molecule has 0 aliphatic carbocycles. The molecule has 0 atom stereocenters. The summed E-state index contributed by atoms with van der Waals surface area (Å²) in [5.41, 5.74) is 4.97. The van der Waals surface area contributed by atoms with Crippen LogP contribution in [-0.2, 0) is 16.0 Å². The number of nitrogens with one attached hydrogen (secondary N) is 1. The summed E-state index contributed by atoms with van der Waals surface area (Å²) in [5, 5.41) is 3.97. The monoisotopic (exact) mass is 414 g/mol. The predicted octanol–water partition coefficient (Wildman–Crippen LogP) is 4.01. The summed E-state index contributed by atoms with van der Waals surface area (Å²) in [6.07, 6.45) is 4.76. The summed E-state index contributed by atoms with van der Waals surface area (Å²) in [6.45, 7) is 0. The van der Waals surface area contributed by atoms with Crippen LogP contribution in [0.5, 0.6) is 11.5 Å². The number of rotatable bonds is 8. The maximum atomic E-state index is 12.1. The molecule has 3 aromatic carbocycles. The molecule has 0 aromatic heterocycles. The molecule has 0 spiro atoms. The normalized spacial score (nSPS) is 10.9. The molecule has 0 saturated heterocycles. The van der Waals surface area contributed by atoms with Crippen LogP contribution in [0.1, 0.15) is 16.7 Å². The van der Waals surface area contributed by atoms with E-state index in [1.54, 1.807) is 24.3 Å². The number of methoxy groups -OCH3 is 1. The van der Waals surface area contributed by atoms with Crippen molar-refractivity contribution in [1.82, 2.24) is 5.43 Å².